The lowest BCUT2D eigenvalue weighted by atomic mass is 9.63. The summed E-state index contributed by atoms with van der Waals surface area (Å²) in [5.41, 5.74) is 2.48. The molecule has 3 aromatic heterocycles. The van der Waals surface area contributed by atoms with Gasteiger partial charge in [0, 0.05) is 24.9 Å². The molecule has 224 valence electrons. The van der Waals surface area contributed by atoms with Crippen molar-refractivity contribution in [3.8, 4) is 0 Å². The van der Waals surface area contributed by atoms with Crippen LogP contribution in [0.2, 0.25) is 0 Å². The Balaban J connectivity index is 1.12. The number of amides is 1. The average molecular weight is 585 g/mol. The topological polar surface area (TPSA) is 151 Å². The minimum atomic E-state index is -1.20. The smallest absolute Gasteiger partial charge is 0.309 e. The maximum absolute atomic E-state index is 12.5. The van der Waals surface area contributed by atoms with Crippen molar-refractivity contribution in [1.29, 1.82) is 0 Å². The number of aromatic nitrogens is 6. The van der Waals surface area contributed by atoms with Gasteiger partial charge < -0.3 is 14.7 Å². The molecule has 6 heterocycles. The van der Waals surface area contributed by atoms with Crippen LogP contribution in [-0.4, -0.2) is 66.5 Å². The quantitative estimate of drug-likeness (QED) is 0.281. The lowest BCUT2D eigenvalue weighted by Crippen LogP contribution is -2.44. The first-order chi connectivity index (χ1) is 20.5. The van der Waals surface area contributed by atoms with Crippen LogP contribution in [0.4, 0.5) is 11.6 Å². The van der Waals surface area contributed by atoms with Gasteiger partial charge in [0.15, 0.2) is 11.5 Å². The molecule has 2 bridgehead atoms. The number of carboxylic acid groups (broad SMARTS) is 1. The van der Waals surface area contributed by atoms with Crippen LogP contribution in [0.15, 0.2) is 42.6 Å². The number of benzene rings is 1. The van der Waals surface area contributed by atoms with Gasteiger partial charge in [0.25, 0.3) is 0 Å². The second-order valence-corrected chi connectivity index (χ2v) is 13.3. The van der Waals surface area contributed by atoms with Crippen molar-refractivity contribution in [2.24, 2.45) is 11.3 Å². The van der Waals surface area contributed by atoms with Gasteiger partial charge in [-0.25, -0.2) is 9.50 Å². The van der Waals surface area contributed by atoms with Gasteiger partial charge in [-0.2, -0.15) is 4.98 Å². The number of carbonyl (C=O) groups is 2. The molecule has 1 aliphatic carbocycles. The Kier molecular flexibility index (Phi) is 6.14. The van der Waals surface area contributed by atoms with E-state index < -0.39 is 22.9 Å². The van der Waals surface area contributed by atoms with Crippen LogP contribution in [-0.2, 0) is 25.3 Å². The highest BCUT2D eigenvalue weighted by Gasteiger charge is 2.66. The van der Waals surface area contributed by atoms with Crippen molar-refractivity contribution in [3.05, 3.63) is 65.4 Å². The van der Waals surface area contributed by atoms with Crippen molar-refractivity contribution in [2.45, 2.75) is 63.9 Å². The van der Waals surface area contributed by atoms with Crippen LogP contribution in [0.25, 0.3) is 5.65 Å². The molecule has 8 rings (SSSR count). The molecule has 3 N–H and O–H groups in total. The molecule has 1 saturated carbocycles. The Labute approximate surface area is 248 Å². The van der Waals surface area contributed by atoms with E-state index >= 15 is 0 Å². The van der Waals surface area contributed by atoms with Crippen molar-refractivity contribution < 1.29 is 19.4 Å². The van der Waals surface area contributed by atoms with Crippen LogP contribution in [0, 0.1) is 18.3 Å². The lowest BCUT2D eigenvalue weighted by molar-refractivity contribution is -0.148. The van der Waals surface area contributed by atoms with Gasteiger partial charge in [-0.1, -0.05) is 37.3 Å². The van der Waals surface area contributed by atoms with E-state index in [1.165, 1.54) is 19.4 Å². The molecule has 1 aromatic carbocycles. The first kappa shape index (κ1) is 27.5. The molecule has 4 fully saturated rings. The maximum Gasteiger partial charge on any atom is 0.309 e. The molecule has 0 radical (unpaired) electrons. The van der Waals surface area contributed by atoms with Gasteiger partial charge >= 0.3 is 5.97 Å². The molecule has 4 aliphatic rings. The first-order valence-electron chi connectivity index (χ1n) is 14.7. The first-order valence-corrected chi connectivity index (χ1v) is 14.7. The molecule has 12 heteroatoms. The van der Waals surface area contributed by atoms with Gasteiger partial charge in [0.1, 0.15) is 11.4 Å². The molecule has 12 nitrogen and oxygen atoms in total. The van der Waals surface area contributed by atoms with E-state index in [4.69, 9.17) is 14.8 Å². The number of hydrogen-bond acceptors (Lipinski definition) is 8. The number of hydrogen-bond donors (Lipinski definition) is 3. The third-order valence-electron chi connectivity index (χ3n) is 9.61. The summed E-state index contributed by atoms with van der Waals surface area (Å²) in [5, 5.41) is 24.0. The number of pyridine rings is 1. The molecular weight excluding hydrogens is 548 g/mol. The molecule has 4 atom stereocenters. The number of fused-ring (bicyclic) bond motifs is 2. The maximum atomic E-state index is 12.5. The molecule has 3 unspecified atom stereocenters. The van der Waals surface area contributed by atoms with Crippen LogP contribution in [0.1, 0.15) is 68.7 Å². The number of nitrogens with one attached hydrogen (secondary N) is 2. The summed E-state index contributed by atoms with van der Waals surface area (Å²) in [5.74, 6) is -0.0938. The van der Waals surface area contributed by atoms with Gasteiger partial charge in [-0.15, -0.1) is 10.2 Å². The Morgan fingerprint density at radius 2 is 2.02 bits per heavy atom. The van der Waals surface area contributed by atoms with Gasteiger partial charge in [-0.3, -0.25) is 20.0 Å². The highest BCUT2D eigenvalue weighted by Crippen LogP contribution is 2.63. The van der Waals surface area contributed by atoms with E-state index in [9.17, 15) is 14.7 Å². The zero-order chi connectivity index (χ0) is 30.1. The number of anilines is 2. The van der Waals surface area contributed by atoms with Crippen LogP contribution < -0.4 is 10.2 Å². The zero-order valence-corrected chi connectivity index (χ0v) is 24.8. The second-order valence-electron chi connectivity index (χ2n) is 13.3. The Morgan fingerprint density at radius 1 is 1.23 bits per heavy atom. The minimum absolute atomic E-state index is 0.0876. The molecule has 3 saturated heterocycles. The third kappa shape index (κ3) is 4.46. The van der Waals surface area contributed by atoms with Crippen LogP contribution in [0.3, 0.4) is 0 Å². The molecular formula is C31H36N8O4. The van der Waals surface area contributed by atoms with Crippen LogP contribution in [0.5, 0.6) is 0 Å². The number of carboxylic acids is 1. The fraction of sp³-hybridized carbons (Fsp3) is 0.484. The molecule has 4 aromatic rings. The number of aliphatic carboxylic acids is 1. The fourth-order valence-electron chi connectivity index (χ4n) is 7.01. The van der Waals surface area contributed by atoms with Crippen LogP contribution >= 0.6 is 0 Å². The summed E-state index contributed by atoms with van der Waals surface area (Å²) in [4.78, 5) is 35.8. The normalized spacial score (nSPS) is 26.6. The number of carbonyl (C=O) groups excluding carboxylic acids is 1. The molecule has 3 aliphatic heterocycles. The largest absolute Gasteiger partial charge is 0.481 e. The summed E-state index contributed by atoms with van der Waals surface area (Å²) in [6, 6.07) is 12.9. The predicted octanol–water partition coefficient (Wildman–Crippen LogP) is 3.79. The van der Waals surface area contributed by atoms with Crippen molar-refractivity contribution in [1.82, 2.24) is 29.8 Å². The highest BCUT2D eigenvalue weighted by molar-refractivity contribution is 5.92. The van der Waals surface area contributed by atoms with Gasteiger partial charge in [-0.05, 0) is 56.7 Å². The number of aryl methyl sites for hydroxylation is 1. The average Bonchev–Trinajstić information content (AvgIpc) is 3.77. The molecule has 43 heavy (non-hydrogen) atoms. The summed E-state index contributed by atoms with van der Waals surface area (Å²) < 4.78 is 8.21. The third-order valence-corrected chi connectivity index (χ3v) is 9.61. The predicted molar refractivity (Wildman–Crippen MR) is 158 cm³/mol. The number of aromatic amines is 1. The van der Waals surface area contributed by atoms with Gasteiger partial charge in [0.05, 0.1) is 29.8 Å². The Hall–Kier alpha value is -4.32. The standard InChI is InChI=1S/C31H36N8O4/c1-18-12-21(38-11-10-30(4,17-38)20-8-6-5-7-9-20)15-39-25(18)34-26(37-39)31-13-19(16-43-31)23(31)24-33-28(36-35-24)32-22(40)14-29(2,3)27(41)42/h5-9,12,15,19,23H,10-11,13-14,16-17H2,1-4H3,(H,41,42)(H2,32,33,35,36,40)/t19?,23?,30-,31?/m0/s1. The van der Waals surface area contributed by atoms with E-state index in [1.807, 2.05) is 4.52 Å². The molecule has 1 amide bonds. The number of nitrogens with zero attached hydrogens (tertiary/aromatic N) is 6. The summed E-state index contributed by atoms with van der Waals surface area (Å²) in [6.45, 7) is 9.86. The summed E-state index contributed by atoms with van der Waals surface area (Å²) >= 11 is 0. The van der Waals surface area contributed by atoms with E-state index in [1.54, 1.807) is 0 Å². The Morgan fingerprint density at radius 3 is 2.77 bits per heavy atom. The summed E-state index contributed by atoms with van der Waals surface area (Å²) in [6.07, 6.45) is 3.72. The van der Waals surface area contributed by atoms with Gasteiger partial charge in [0.2, 0.25) is 11.9 Å². The molecule has 0 spiro atoms. The minimum Gasteiger partial charge on any atom is -0.481 e. The van der Waals surface area contributed by atoms with Crippen molar-refractivity contribution in [2.75, 3.05) is 29.9 Å². The second kappa shape index (κ2) is 9.60. The number of H-pyrrole nitrogens is 1. The van der Waals surface area contributed by atoms with E-state index in [-0.39, 0.29) is 29.6 Å². The van der Waals surface area contributed by atoms with Crippen molar-refractivity contribution in [3.63, 3.8) is 0 Å². The monoisotopic (exact) mass is 584 g/mol. The van der Waals surface area contributed by atoms with E-state index in [0.29, 0.717) is 18.3 Å². The highest BCUT2D eigenvalue weighted by atomic mass is 16.5. The lowest BCUT2D eigenvalue weighted by Gasteiger charge is -2.41. The summed E-state index contributed by atoms with van der Waals surface area (Å²) in [7, 11) is 0. The zero-order valence-electron chi connectivity index (χ0n) is 24.8. The van der Waals surface area contributed by atoms with E-state index in [0.717, 1.165) is 42.8 Å². The fourth-order valence-corrected chi connectivity index (χ4v) is 7.01. The van der Waals surface area contributed by atoms with E-state index in [2.05, 4.69) is 81.8 Å². The van der Waals surface area contributed by atoms with Crippen molar-refractivity contribution >= 4 is 29.2 Å². The Bertz CT molecular complexity index is 1730. The SMILES string of the molecule is Cc1cc(N2CC[C@](C)(c3ccccc3)C2)cn2nc(C34CC(CO3)C4c3nc(NC(=O)CC(C)(C)C(=O)O)n[nH]3)nc12. The number of ether oxygens (including phenoxy) is 1. The number of rotatable bonds is 8.